The van der Waals surface area contributed by atoms with Crippen LogP contribution in [0.4, 0.5) is 11.4 Å². The Bertz CT molecular complexity index is 1170. The molecule has 160 valence electrons. The Balaban J connectivity index is 1.63. The number of aliphatic hydroxyl groups is 1. The first-order valence-electron chi connectivity index (χ1n) is 10.3. The maximum absolute atomic E-state index is 12.2. The molecule has 31 heavy (non-hydrogen) atoms. The minimum absolute atomic E-state index is 0.0723. The van der Waals surface area contributed by atoms with Crippen molar-refractivity contribution in [2.75, 3.05) is 44.7 Å². The van der Waals surface area contributed by atoms with Gasteiger partial charge in [0.15, 0.2) is 0 Å². The number of benzene rings is 2. The smallest absolute Gasteiger partial charge is 0.258 e. The highest BCUT2D eigenvalue weighted by Gasteiger charge is 2.14. The number of aliphatic hydroxyl groups excluding tert-OH is 1. The lowest BCUT2D eigenvalue weighted by Crippen LogP contribution is -2.44. The number of aromatic nitrogens is 1. The van der Waals surface area contributed by atoms with Gasteiger partial charge in [0.05, 0.1) is 17.9 Å². The van der Waals surface area contributed by atoms with Crippen LogP contribution in [0, 0.1) is 0 Å². The maximum atomic E-state index is 12.2. The first-order chi connectivity index (χ1) is 15.0. The molecule has 0 radical (unpaired) electrons. The van der Waals surface area contributed by atoms with Gasteiger partial charge in [-0.1, -0.05) is 18.2 Å². The van der Waals surface area contributed by atoms with Gasteiger partial charge in [0, 0.05) is 48.9 Å². The van der Waals surface area contributed by atoms with Crippen molar-refractivity contribution in [3.63, 3.8) is 0 Å². The van der Waals surface area contributed by atoms with Gasteiger partial charge in [-0.25, -0.2) is 0 Å². The summed E-state index contributed by atoms with van der Waals surface area (Å²) in [6, 6.07) is 13.3. The van der Waals surface area contributed by atoms with Crippen molar-refractivity contribution in [1.82, 2.24) is 9.88 Å². The van der Waals surface area contributed by atoms with E-state index >= 15 is 0 Å². The fourth-order valence-electron chi connectivity index (χ4n) is 3.73. The highest BCUT2D eigenvalue weighted by molar-refractivity contribution is 6.02. The van der Waals surface area contributed by atoms with Crippen LogP contribution >= 0.6 is 0 Å². The van der Waals surface area contributed by atoms with Crippen molar-refractivity contribution in [2.24, 2.45) is 4.99 Å². The van der Waals surface area contributed by atoms with E-state index in [-0.39, 0.29) is 18.0 Å². The average Bonchev–Trinajstić information content (AvgIpc) is 2.78. The molecule has 2 aromatic carbocycles. The summed E-state index contributed by atoms with van der Waals surface area (Å²) >= 11 is 0. The number of H-pyrrole nitrogens is 1. The fourth-order valence-corrected chi connectivity index (χ4v) is 3.73. The molecule has 1 fully saturated rings. The first kappa shape index (κ1) is 20.8. The van der Waals surface area contributed by atoms with Crippen LogP contribution in [0.2, 0.25) is 0 Å². The molecule has 1 aromatic heterocycles. The van der Waals surface area contributed by atoms with E-state index in [1.54, 1.807) is 36.6 Å². The Kier molecular flexibility index (Phi) is 6.16. The Morgan fingerprint density at radius 1 is 1.06 bits per heavy atom. The molecule has 0 bridgehead atoms. The van der Waals surface area contributed by atoms with E-state index in [0.717, 1.165) is 37.4 Å². The summed E-state index contributed by atoms with van der Waals surface area (Å²) in [6.45, 7) is 4.03. The molecule has 1 aliphatic heterocycles. The van der Waals surface area contributed by atoms with E-state index in [4.69, 9.17) is 5.11 Å². The quantitative estimate of drug-likeness (QED) is 0.554. The van der Waals surface area contributed by atoms with Crippen molar-refractivity contribution in [3.05, 3.63) is 70.0 Å². The SMILES string of the molecule is CN1CCN(c2ccc(N=Cc3c(O)[nH]c(=O)c4ccc(C=CCO)cc34)cc2)CC1. The van der Waals surface area contributed by atoms with Crippen LogP contribution in [-0.4, -0.2) is 66.1 Å². The number of aliphatic imine (C=N–C) groups is 1. The van der Waals surface area contributed by atoms with Crippen LogP contribution in [0.3, 0.4) is 0 Å². The normalized spacial score (nSPS) is 15.5. The van der Waals surface area contributed by atoms with Gasteiger partial charge in [-0.15, -0.1) is 0 Å². The largest absolute Gasteiger partial charge is 0.494 e. The molecule has 4 rings (SSSR count). The van der Waals surface area contributed by atoms with E-state index in [0.29, 0.717) is 16.3 Å². The predicted octanol–water partition coefficient (Wildman–Crippen LogP) is 2.74. The second-order valence-corrected chi connectivity index (χ2v) is 7.67. The average molecular weight is 418 g/mol. The van der Waals surface area contributed by atoms with Crippen LogP contribution in [0.15, 0.2) is 58.3 Å². The van der Waals surface area contributed by atoms with Crippen molar-refractivity contribution in [2.45, 2.75) is 0 Å². The number of aromatic amines is 1. The third-order valence-electron chi connectivity index (χ3n) is 5.54. The number of nitrogens with one attached hydrogen (secondary N) is 1. The molecule has 0 unspecified atom stereocenters. The molecule has 1 saturated heterocycles. The van der Waals surface area contributed by atoms with Gasteiger partial charge in [-0.2, -0.15) is 0 Å². The molecule has 0 amide bonds. The highest BCUT2D eigenvalue weighted by atomic mass is 16.3. The van der Waals surface area contributed by atoms with Crippen molar-refractivity contribution in [3.8, 4) is 5.88 Å². The Morgan fingerprint density at radius 2 is 1.81 bits per heavy atom. The van der Waals surface area contributed by atoms with Gasteiger partial charge in [-0.05, 0) is 49.0 Å². The zero-order chi connectivity index (χ0) is 21.8. The molecule has 3 aromatic rings. The van der Waals surface area contributed by atoms with Gasteiger partial charge in [0.1, 0.15) is 0 Å². The van der Waals surface area contributed by atoms with E-state index < -0.39 is 0 Å². The number of rotatable bonds is 5. The van der Waals surface area contributed by atoms with E-state index in [9.17, 15) is 9.90 Å². The van der Waals surface area contributed by atoms with Crippen molar-refractivity contribution in [1.29, 1.82) is 0 Å². The lowest BCUT2D eigenvalue weighted by Gasteiger charge is -2.34. The molecule has 0 aliphatic carbocycles. The molecule has 0 saturated carbocycles. The van der Waals surface area contributed by atoms with E-state index in [1.807, 2.05) is 12.1 Å². The van der Waals surface area contributed by atoms with E-state index in [1.165, 1.54) is 5.69 Å². The second-order valence-electron chi connectivity index (χ2n) is 7.67. The Labute approximate surface area is 180 Å². The van der Waals surface area contributed by atoms with Crippen molar-refractivity contribution < 1.29 is 10.2 Å². The third kappa shape index (κ3) is 4.68. The van der Waals surface area contributed by atoms with Crippen molar-refractivity contribution >= 4 is 34.4 Å². The monoisotopic (exact) mass is 418 g/mol. The van der Waals surface area contributed by atoms with Gasteiger partial charge < -0.3 is 20.0 Å². The van der Waals surface area contributed by atoms with Crippen LogP contribution in [0.1, 0.15) is 11.1 Å². The number of likely N-dealkylation sites (N-methyl/N-ethyl adjacent to an activating group) is 1. The molecule has 3 N–H and O–H groups in total. The lowest BCUT2D eigenvalue weighted by molar-refractivity contribution is 0.313. The predicted molar refractivity (Wildman–Crippen MR) is 126 cm³/mol. The molecule has 0 atom stereocenters. The molecule has 2 heterocycles. The molecular weight excluding hydrogens is 392 g/mol. The van der Waals surface area contributed by atoms with Gasteiger partial charge in [0.25, 0.3) is 5.56 Å². The first-order valence-corrected chi connectivity index (χ1v) is 10.3. The molecule has 7 nitrogen and oxygen atoms in total. The zero-order valence-electron chi connectivity index (χ0n) is 17.5. The third-order valence-corrected chi connectivity index (χ3v) is 5.54. The Morgan fingerprint density at radius 3 is 2.52 bits per heavy atom. The number of fused-ring (bicyclic) bond motifs is 1. The number of nitrogens with zero attached hydrogens (tertiary/aromatic N) is 3. The fraction of sp³-hybridized carbons (Fsp3) is 0.250. The zero-order valence-corrected chi connectivity index (χ0v) is 17.5. The number of hydrogen-bond donors (Lipinski definition) is 3. The second kappa shape index (κ2) is 9.16. The molecule has 7 heteroatoms. The van der Waals surface area contributed by atoms with Crippen LogP contribution in [-0.2, 0) is 0 Å². The Hall–Kier alpha value is -3.42. The van der Waals surface area contributed by atoms with Gasteiger partial charge in [-0.3, -0.25) is 14.8 Å². The molecule has 1 aliphatic rings. The highest BCUT2D eigenvalue weighted by Crippen LogP contribution is 2.25. The summed E-state index contributed by atoms with van der Waals surface area (Å²) in [4.78, 5) is 23.9. The maximum Gasteiger partial charge on any atom is 0.258 e. The standard InChI is InChI=1S/C24H26N4O3/c1-27-10-12-28(13-11-27)19-7-5-18(6-8-19)25-16-22-21-15-17(3-2-14-29)4-9-20(21)23(30)26-24(22)31/h2-9,15-16,29H,10-14H2,1H3,(H2,26,30,31). The number of hydrogen-bond acceptors (Lipinski definition) is 6. The van der Waals surface area contributed by atoms with Gasteiger partial charge in [0.2, 0.25) is 5.88 Å². The minimum Gasteiger partial charge on any atom is -0.494 e. The number of pyridine rings is 1. The number of aromatic hydroxyl groups is 1. The molecular formula is C24H26N4O3. The summed E-state index contributed by atoms with van der Waals surface area (Å²) in [5.74, 6) is -0.224. The van der Waals surface area contributed by atoms with E-state index in [2.05, 4.69) is 39.0 Å². The van der Waals surface area contributed by atoms with Gasteiger partial charge >= 0.3 is 0 Å². The summed E-state index contributed by atoms with van der Waals surface area (Å²) in [7, 11) is 2.14. The summed E-state index contributed by atoms with van der Waals surface area (Å²) in [5.41, 5.74) is 2.83. The number of piperazine rings is 1. The van der Waals surface area contributed by atoms with Crippen LogP contribution < -0.4 is 10.5 Å². The topological polar surface area (TPSA) is 92.2 Å². The molecule has 0 spiro atoms. The summed E-state index contributed by atoms with van der Waals surface area (Å²) in [5, 5.41) is 20.4. The number of anilines is 1. The van der Waals surface area contributed by atoms with Crippen LogP contribution in [0.25, 0.3) is 16.8 Å². The lowest BCUT2D eigenvalue weighted by atomic mass is 10.0. The van der Waals surface area contributed by atoms with Crippen LogP contribution in [0.5, 0.6) is 5.88 Å². The minimum atomic E-state index is -0.362. The summed E-state index contributed by atoms with van der Waals surface area (Å²) in [6.07, 6.45) is 4.94. The summed E-state index contributed by atoms with van der Waals surface area (Å²) < 4.78 is 0.